The highest BCUT2D eigenvalue weighted by Crippen LogP contribution is 2.20. The third-order valence-corrected chi connectivity index (χ3v) is 3.71. The van der Waals surface area contributed by atoms with Gasteiger partial charge in [-0.25, -0.2) is 4.98 Å². The molecule has 0 aliphatic rings. The summed E-state index contributed by atoms with van der Waals surface area (Å²) in [6, 6.07) is 14.1. The van der Waals surface area contributed by atoms with Gasteiger partial charge in [-0.3, -0.25) is 4.98 Å². The van der Waals surface area contributed by atoms with Gasteiger partial charge in [0, 0.05) is 56.2 Å². The molecule has 128 valence electrons. The Morgan fingerprint density at radius 1 is 0.960 bits per heavy atom. The van der Waals surface area contributed by atoms with Gasteiger partial charge in [0.15, 0.2) is 0 Å². The first-order chi connectivity index (χ1) is 12.1. The fourth-order valence-corrected chi connectivity index (χ4v) is 2.38. The van der Waals surface area contributed by atoms with Crippen LogP contribution in [0.2, 0.25) is 0 Å². The van der Waals surface area contributed by atoms with Gasteiger partial charge in [-0.05, 0) is 48.9 Å². The zero-order valence-corrected chi connectivity index (χ0v) is 14.7. The lowest BCUT2D eigenvalue weighted by Crippen LogP contribution is -2.08. The first-order valence-corrected chi connectivity index (χ1v) is 8.13. The fourth-order valence-electron chi connectivity index (χ4n) is 2.38. The van der Waals surface area contributed by atoms with Gasteiger partial charge in [0.25, 0.3) is 0 Å². The van der Waals surface area contributed by atoms with E-state index in [1.807, 2.05) is 51.4 Å². The molecule has 2 N–H and O–H groups in total. The zero-order chi connectivity index (χ0) is 17.6. The van der Waals surface area contributed by atoms with Gasteiger partial charge in [-0.1, -0.05) is 0 Å². The van der Waals surface area contributed by atoms with E-state index in [-0.39, 0.29) is 0 Å². The molecule has 2 heterocycles. The van der Waals surface area contributed by atoms with Crippen LogP contribution in [0.5, 0.6) is 0 Å². The molecule has 0 unspecified atom stereocenters. The van der Waals surface area contributed by atoms with Crippen LogP contribution in [0, 0.1) is 6.92 Å². The second-order valence-electron chi connectivity index (χ2n) is 5.99. The summed E-state index contributed by atoms with van der Waals surface area (Å²) in [6.07, 6.45) is 3.55. The van der Waals surface area contributed by atoms with Crippen LogP contribution in [0.25, 0.3) is 0 Å². The highest BCUT2D eigenvalue weighted by atomic mass is 15.1. The van der Waals surface area contributed by atoms with E-state index in [4.69, 9.17) is 0 Å². The molecule has 25 heavy (non-hydrogen) atoms. The van der Waals surface area contributed by atoms with Crippen molar-refractivity contribution in [3.05, 3.63) is 66.1 Å². The molecule has 0 fully saturated rings. The lowest BCUT2D eigenvalue weighted by Gasteiger charge is -2.14. The van der Waals surface area contributed by atoms with Gasteiger partial charge < -0.3 is 15.5 Å². The quantitative estimate of drug-likeness (QED) is 0.718. The summed E-state index contributed by atoms with van der Waals surface area (Å²) >= 11 is 0. The standard InChI is InChI=1S/C19H22N6/c1-14-12-18(23-16-4-6-17(7-5-16)25(2)3)24-19(22-14)21-13-15-8-10-20-11-9-15/h4-12H,13H2,1-3H3,(H2,21,22,23,24). The van der Waals surface area contributed by atoms with Gasteiger partial charge in [0.2, 0.25) is 5.95 Å². The highest BCUT2D eigenvalue weighted by Gasteiger charge is 2.04. The summed E-state index contributed by atoms with van der Waals surface area (Å²) in [7, 11) is 4.05. The Morgan fingerprint density at radius 3 is 2.36 bits per heavy atom. The largest absolute Gasteiger partial charge is 0.378 e. The average Bonchev–Trinajstić information content (AvgIpc) is 2.61. The van der Waals surface area contributed by atoms with Crippen molar-refractivity contribution in [1.82, 2.24) is 15.0 Å². The van der Waals surface area contributed by atoms with Crippen molar-refractivity contribution >= 4 is 23.1 Å². The molecule has 2 aromatic heterocycles. The van der Waals surface area contributed by atoms with Gasteiger partial charge in [0.1, 0.15) is 5.82 Å². The minimum Gasteiger partial charge on any atom is -0.378 e. The van der Waals surface area contributed by atoms with Crippen molar-refractivity contribution in [2.45, 2.75) is 13.5 Å². The van der Waals surface area contributed by atoms with E-state index < -0.39 is 0 Å². The lowest BCUT2D eigenvalue weighted by molar-refractivity contribution is 1.03. The number of pyridine rings is 1. The molecule has 6 nitrogen and oxygen atoms in total. The number of aryl methyl sites for hydroxylation is 1. The topological polar surface area (TPSA) is 66.0 Å². The zero-order valence-electron chi connectivity index (χ0n) is 14.7. The molecular formula is C19H22N6. The van der Waals surface area contributed by atoms with Crippen molar-refractivity contribution in [3.63, 3.8) is 0 Å². The monoisotopic (exact) mass is 334 g/mol. The van der Waals surface area contributed by atoms with Crippen molar-refractivity contribution < 1.29 is 0 Å². The maximum Gasteiger partial charge on any atom is 0.225 e. The number of nitrogens with one attached hydrogen (secondary N) is 2. The van der Waals surface area contributed by atoms with Crippen LogP contribution in [0.1, 0.15) is 11.3 Å². The Hall–Kier alpha value is -3.15. The summed E-state index contributed by atoms with van der Waals surface area (Å²) in [5.74, 6) is 1.37. The molecule has 6 heteroatoms. The van der Waals surface area contributed by atoms with Crippen LogP contribution in [0.3, 0.4) is 0 Å². The van der Waals surface area contributed by atoms with Crippen LogP contribution >= 0.6 is 0 Å². The molecule has 3 aromatic rings. The van der Waals surface area contributed by atoms with Crippen molar-refractivity contribution in [1.29, 1.82) is 0 Å². The number of anilines is 4. The molecule has 1 aromatic carbocycles. The molecule has 0 bridgehead atoms. The van der Waals surface area contributed by atoms with E-state index >= 15 is 0 Å². The Labute approximate surface area is 148 Å². The predicted molar refractivity (Wildman–Crippen MR) is 102 cm³/mol. The summed E-state index contributed by atoms with van der Waals surface area (Å²) < 4.78 is 0. The molecule has 0 amide bonds. The van der Waals surface area contributed by atoms with Crippen LogP contribution in [-0.2, 0) is 6.54 Å². The molecule has 0 spiro atoms. The average molecular weight is 334 g/mol. The number of aromatic nitrogens is 3. The normalized spacial score (nSPS) is 10.4. The number of hydrogen-bond acceptors (Lipinski definition) is 6. The van der Waals surface area contributed by atoms with Crippen molar-refractivity contribution in [2.75, 3.05) is 29.6 Å². The minimum absolute atomic E-state index is 0.601. The molecule has 0 atom stereocenters. The Bertz CT molecular complexity index is 815. The SMILES string of the molecule is Cc1cc(Nc2ccc(N(C)C)cc2)nc(NCc2ccncc2)n1. The maximum absolute atomic E-state index is 4.54. The Balaban J connectivity index is 1.70. The minimum atomic E-state index is 0.601. The third kappa shape index (κ3) is 4.67. The predicted octanol–water partition coefficient (Wildman–Crippen LogP) is 3.60. The Morgan fingerprint density at radius 2 is 1.68 bits per heavy atom. The third-order valence-electron chi connectivity index (χ3n) is 3.71. The van der Waals surface area contributed by atoms with Crippen molar-refractivity contribution in [2.24, 2.45) is 0 Å². The van der Waals surface area contributed by atoms with Crippen LogP contribution in [0.4, 0.5) is 23.1 Å². The molecule has 0 saturated heterocycles. The molecule has 0 radical (unpaired) electrons. The maximum atomic E-state index is 4.54. The second kappa shape index (κ2) is 7.61. The second-order valence-corrected chi connectivity index (χ2v) is 5.99. The van der Waals surface area contributed by atoms with Gasteiger partial charge >= 0.3 is 0 Å². The molecule has 0 saturated carbocycles. The first-order valence-electron chi connectivity index (χ1n) is 8.13. The van der Waals surface area contributed by atoms with Crippen LogP contribution in [0.15, 0.2) is 54.9 Å². The molecule has 3 rings (SSSR count). The van der Waals surface area contributed by atoms with E-state index in [0.29, 0.717) is 12.5 Å². The van der Waals surface area contributed by atoms with E-state index in [9.17, 15) is 0 Å². The Kier molecular flexibility index (Phi) is 5.09. The van der Waals surface area contributed by atoms with E-state index in [1.54, 1.807) is 12.4 Å². The van der Waals surface area contributed by atoms with E-state index in [2.05, 4.69) is 42.6 Å². The van der Waals surface area contributed by atoms with Crippen LogP contribution < -0.4 is 15.5 Å². The molecule has 0 aliphatic heterocycles. The number of rotatable bonds is 6. The van der Waals surface area contributed by atoms with Crippen molar-refractivity contribution in [3.8, 4) is 0 Å². The summed E-state index contributed by atoms with van der Waals surface area (Å²) in [4.78, 5) is 15.1. The summed E-state index contributed by atoms with van der Waals surface area (Å²) in [5.41, 5.74) is 4.18. The molecule has 0 aliphatic carbocycles. The van der Waals surface area contributed by atoms with Gasteiger partial charge in [-0.2, -0.15) is 4.98 Å². The number of nitrogens with zero attached hydrogens (tertiary/aromatic N) is 4. The lowest BCUT2D eigenvalue weighted by atomic mass is 10.2. The summed E-state index contributed by atoms with van der Waals surface area (Å²) in [5, 5.41) is 6.59. The number of benzene rings is 1. The molecular weight excluding hydrogens is 312 g/mol. The summed E-state index contributed by atoms with van der Waals surface area (Å²) in [6.45, 7) is 2.61. The number of hydrogen-bond donors (Lipinski definition) is 2. The highest BCUT2D eigenvalue weighted by molar-refractivity contribution is 5.61. The fraction of sp³-hybridized carbons (Fsp3) is 0.211. The van der Waals surface area contributed by atoms with E-state index in [1.165, 1.54) is 0 Å². The smallest absolute Gasteiger partial charge is 0.225 e. The van der Waals surface area contributed by atoms with Gasteiger partial charge in [0.05, 0.1) is 0 Å². The van der Waals surface area contributed by atoms with Crippen LogP contribution in [-0.4, -0.2) is 29.0 Å². The van der Waals surface area contributed by atoms with Gasteiger partial charge in [-0.15, -0.1) is 0 Å². The first kappa shape index (κ1) is 16.7. The van der Waals surface area contributed by atoms with E-state index in [0.717, 1.165) is 28.5 Å².